The van der Waals surface area contributed by atoms with Gasteiger partial charge in [-0.2, -0.15) is 0 Å². The number of rotatable bonds is 4. The number of nitrogens with zero attached hydrogens (tertiary/aromatic N) is 2. The van der Waals surface area contributed by atoms with Crippen LogP contribution < -0.4 is 0 Å². The number of aryl methyl sites for hydroxylation is 1. The van der Waals surface area contributed by atoms with Gasteiger partial charge in [-0.3, -0.25) is 0 Å². The summed E-state index contributed by atoms with van der Waals surface area (Å²) in [4.78, 5) is 16.1. The summed E-state index contributed by atoms with van der Waals surface area (Å²) in [7, 11) is 0. The van der Waals surface area contributed by atoms with Crippen molar-refractivity contribution < 1.29 is 9.90 Å². The Morgan fingerprint density at radius 2 is 1.95 bits per heavy atom. The molecule has 0 saturated heterocycles. The van der Waals surface area contributed by atoms with E-state index >= 15 is 0 Å². The molecule has 1 aromatic heterocycles. The van der Waals surface area contributed by atoms with E-state index in [4.69, 9.17) is 23.2 Å². The number of imidazole rings is 1. The van der Waals surface area contributed by atoms with Gasteiger partial charge in [-0.15, -0.1) is 0 Å². The minimum atomic E-state index is -1.10. The Hall–Kier alpha value is -1.26. The standard InChI is InChI=1S/C14H16Cl2N2O2/c1-4-5-12-17-10-6-8(15)9(16)7-11(10)18(12)14(2,3)13(19)20/h6-7H,4-5H2,1-3H3,(H,19,20). The molecule has 6 heteroatoms. The average Bonchev–Trinajstić information content (AvgIpc) is 2.68. The molecular weight excluding hydrogens is 299 g/mol. The third kappa shape index (κ3) is 2.38. The van der Waals surface area contributed by atoms with Crippen molar-refractivity contribution in [2.45, 2.75) is 39.2 Å². The fourth-order valence-electron chi connectivity index (χ4n) is 2.23. The number of aliphatic carboxylic acids is 1. The molecule has 0 aliphatic carbocycles. The van der Waals surface area contributed by atoms with Crippen LogP contribution in [0.2, 0.25) is 10.0 Å². The average molecular weight is 315 g/mol. The first kappa shape index (κ1) is 15.1. The molecule has 0 fully saturated rings. The predicted octanol–water partition coefficient (Wildman–Crippen LogP) is 4.12. The molecule has 108 valence electrons. The third-order valence-corrected chi connectivity index (χ3v) is 4.04. The van der Waals surface area contributed by atoms with Crippen molar-refractivity contribution in [3.63, 3.8) is 0 Å². The van der Waals surface area contributed by atoms with Crippen molar-refractivity contribution in [2.24, 2.45) is 0 Å². The van der Waals surface area contributed by atoms with Gasteiger partial charge in [0.1, 0.15) is 11.4 Å². The molecular formula is C14H16Cl2N2O2. The van der Waals surface area contributed by atoms with Gasteiger partial charge in [-0.25, -0.2) is 9.78 Å². The van der Waals surface area contributed by atoms with Gasteiger partial charge in [0.25, 0.3) is 0 Å². The molecule has 2 aromatic rings. The summed E-state index contributed by atoms with van der Waals surface area (Å²) < 4.78 is 1.73. The topological polar surface area (TPSA) is 55.1 Å². The molecule has 1 N–H and O–H groups in total. The van der Waals surface area contributed by atoms with E-state index in [1.165, 1.54) is 0 Å². The summed E-state index contributed by atoms with van der Waals surface area (Å²) in [6, 6.07) is 3.35. The van der Waals surface area contributed by atoms with Crippen molar-refractivity contribution in [1.82, 2.24) is 9.55 Å². The Morgan fingerprint density at radius 3 is 2.50 bits per heavy atom. The normalized spacial score (nSPS) is 12.1. The zero-order valence-electron chi connectivity index (χ0n) is 11.6. The number of halogens is 2. The Labute approximate surface area is 127 Å². The Kier molecular flexibility index (Phi) is 3.98. The van der Waals surface area contributed by atoms with E-state index in [1.54, 1.807) is 30.5 Å². The smallest absolute Gasteiger partial charge is 0.329 e. The summed E-state index contributed by atoms with van der Waals surface area (Å²) in [5.74, 6) is -0.187. The molecule has 2 rings (SSSR count). The maximum atomic E-state index is 11.6. The molecule has 0 amide bonds. The number of carboxylic acid groups (broad SMARTS) is 1. The Morgan fingerprint density at radius 1 is 1.35 bits per heavy atom. The Bertz CT molecular complexity index is 677. The highest BCUT2D eigenvalue weighted by Gasteiger charge is 2.33. The van der Waals surface area contributed by atoms with Crippen molar-refractivity contribution in [3.05, 3.63) is 28.0 Å². The molecule has 0 spiro atoms. The van der Waals surface area contributed by atoms with E-state index in [0.29, 0.717) is 27.5 Å². The van der Waals surface area contributed by atoms with Crippen LogP contribution in [-0.4, -0.2) is 20.6 Å². The first-order valence-electron chi connectivity index (χ1n) is 6.39. The lowest BCUT2D eigenvalue weighted by Gasteiger charge is -2.24. The van der Waals surface area contributed by atoms with E-state index in [2.05, 4.69) is 4.98 Å². The van der Waals surface area contributed by atoms with Crippen LogP contribution in [0.3, 0.4) is 0 Å². The predicted molar refractivity (Wildman–Crippen MR) is 80.7 cm³/mol. The van der Waals surface area contributed by atoms with Gasteiger partial charge in [0, 0.05) is 6.42 Å². The van der Waals surface area contributed by atoms with Crippen molar-refractivity contribution in [2.75, 3.05) is 0 Å². The molecule has 0 aliphatic rings. The highest BCUT2D eigenvalue weighted by molar-refractivity contribution is 6.42. The SMILES string of the molecule is CCCc1nc2cc(Cl)c(Cl)cc2n1C(C)(C)C(=O)O. The number of aromatic nitrogens is 2. The summed E-state index contributed by atoms with van der Waals surface area (Å²) in [6.07, 6.45) is 1.57. The van der Waals surface area contributed by atoms with Gasteiger partial charge in [0.05, 0.1) is 21.1 Å². The third-order valence-electron chi connectivity index (χ3n) is 3.32. The number of hydrogen-bond donors (Lipinski definition) is 1. The monoisotopic (exact) mass is 314 g/mol. The fraction of sp³-hybridized carbons (Fsp3) is 0.429. The number of fused-ring (bicyclic) bond motifs is 1. The second-order valence-corrected chi connectivity index (χ2v) is 6.05. The number of benzene rings is 1. The van der Waals surface area contributed by atoms with E-state index in [9.17, 15) is 9.90 Å². The molecule has 1 aromatic carbocycles. The lowest BCUT2D eigenvalue weighted by Crippen LogP contribution is -2.36. The lowest BCUT2D eigenvalue weighted by molar-refractivity contribution is -0.145. The summed E-state index contributed by atoms with van der Waals surface area (Å²) >= 11 is 12.1. The first-order valence-corrected chi connectivity index (χ1v) is 7.15. The summed E-state index contributed by atoms with van der Waals surface area (Å²) in [5, 5.41) is 10.3. The highest BCUT2D eigenvalue weighted by Crippen LogP contribution is 2.32. The molecule has 0 atom stereocenters. The molecule has 0 radical (unpaired) electrons. The first-order chi connectivity index (χ1) is 9.28. The van der Waals surface area contributed by atoms with Gasteiger partial charge < -0.3 is 9.67 Å². The maximum absolute atomic E-state index is 11.6. The van der Waals surface area contributed by atoms with Crippen LogP contribution in [0.1, 0.15) is 33.0 Å². The molecule has 0 bridgehead atoms. The largest absolute Gasteiger partial charge is 0.480 e. The second kappa shape index (κ2) is 5.26. The van der Waals surface area contributed by atoms with Crippen LogP contribution in [0.25, 0.3) is 11.0 Å². The Balaban J connectivity index is 2.81. The van der Waals surface area contributed by atoms with E-state index in [1.807, 2.05) is 6.92 Å². The lowest BCUT2D eigenvalue weighted by atomic mass is 10.0. The number of carbonyl (C=O) groups is 1. The van der Waals surface area contributed by atoms with Crippen molar-refractivity contribution in [3.8, 4) is 0 Å². The van der Waals surface area contributed by atoms with Crippen molar-refractivity contribution >= 4 is 40.2 Å². The van der Waals surface area contributed by atoms with Crippen LogP contribution in [-0.2, 0) is 16.8 Å². The zero-order valence-corrected chi connectivity index (χ0v) is 13.1. The van der Waals surface area contributed by atoms with Crippen LogP contribution in [0, 0.1) is 0 Å². The highest BCUT2D eigenvalue weighted by atomic mass is 35.5. The molecule has 0 aliphatic heterocycles. The quantitative estimate of drug-likeness (QED) is 0.923. The summed E-state index contributed by atoms with van der Waals surface area (Å²) in [5.41, 5.74) is 0.253. The van der Waals surface area contributed by atoms with E-state index < -0.39 is 11.5 Å². The van der Waals surface area contributed by atoms with Crippen molar-refractivity contribution in [1.29, 1.82) is 0 Å². The van der Waals surface area contributed by atoms with Gasteiger partial charge in [0.15, 0.2) is 0 Å². The molecule has 1 heterocycles. The van der Waals surface area contributed by atoms with Crippen LogP contribution >= 0.6 is 23.2 Å². The van der Waals surface area contributed by atoms with Gasteiger partial charge >= 0.3 is 5.97 Å². The molecule has 0 saturated carbocycles. The van der Waals surface area contributed by atoms with Crippen LogP contribution in [0.5, 0.6) is 0 Å². The maximum Gasteiger partial charge on any atom is 0.329 e. The summed E-state index contributed by atoms with van der Waals surface area (Å²) in [6.45, 7) is 5.33. The minimum Gasteiger partial charge on any atom is -0.480 e. The van der Waals surface area contributed by atoms with Crippen LogP contribution in [0.15, 0.2) is 12.1 Å². The van der Waals surface area contributed by atoms with Gasteiger partial charge in [0.2, 0.25) is 0 Å². The molecule has 20 heavy (non-hydrogen) atoms. The van der Waals surface area contributed by atoms with Gasteiger partial charge in [-0.05, 0) is 32.4 Å². The minimum absolute atomic E-state index is 0.393. The second-order valence-electron chi connectivity index (χ2n) is 5.23. The zero-order chi connectivity index (χ0) is 15.1. The fourth-order valence-corrected chi connectivity index (χ4v) is 2.55. The molecule has 4 nitrogen and oxygen atoms in total. The van der Waals surface area contributed by atoms with E-state index in [0.717, 1.165) is 12.2 Å². The number of carboxylic acids is 1. The molecule has 0 unspecified atom stereocenters. The van der Waals surface area contributed by atoms with Gasteiger partial charge in [-0.1, -0.05) is 30.1 Å². The number of hydrogen-bond acceptors (Lipinski definition) is 2. The van der Waals surface area contributed by atoms with E-state index in [-0.39, 0.29) is 0 Å². The van der Waals surface area contributed by atoms with Crippen LogP contribution in [0.4, 0.5) is 0 Å².